The fourth-order valence-corrected chi connectivity index (χ4v) is 3.10. The Morgan fingerprint density at radius 1 is 0.971 bits per heavy atom. The van der Waals surface area contributed by atoms with Gasteiger partial charge in [-0.25, -0.2) is 10.3 Å². The molecule has 0 saturated carbocycles. The van der Waals surface area contributed by atoms with Crippen LogP contribution >= 0.6 is 11.6 Å². The van der Waals surface area contributed by atoms with Crippen LogP contribution in [0.25, 0.3) is 0 Å². The van der Waals surface area contributed by atoms with E-state index in [1.165, 1.54) is 58.7 Å². The number of anilines is 2. The Morgan fingerprint density at radius 3 is 2.26 bits per heavy atom. The summed E-state index contributed by atoms with van der Waals surface area (Å²) in [6, 6.07) is 11.0. The monoisotopic (exact) mass is 510 g/mol. The molecule has 184 valence electrons. The number of alkyl halides is 3. The van der Waals surface area contributed by atoms with Gasteiger partial charge in [-0.1, -0.05) is 11.6 Å². The minimum Gasteiger partial charge on any atom is -0.457 e. The van der Waals surface area contributed by atoms with Gasteiger partial charge in [-0.05, 0) is 48.5 Å². The normalized spacial score (nSPS) is 11.0. The number of urea groups is 1. The zero-order valence-electron chi connectivity index (χ0n) is 17.7. The molecule has 3 rings (SSSR count). The summed E-state index contributed by atoms with van der Waals surface area (Å²) in [6.45, 7) is 0.0709. The summed E-state index contributed by atoms with van der Waals surface area (Å²) in [7, 11) is 0. The van der Waals surface area contributed by atoms with Gasteiger partial charge < -0.3 is 19.9 Å². The maximum absolute atomic E-state index is 13.0. The molecule has 1 aromatic heterocycles. The molecule has 0 aliphatic heterocycles. The molecule has 9 nitrogen and oxygen atoms in total. The lowest BCUT2D eigenvalue weighted by atomic mass is 10.2. The molecule has 1 heterocycles. The van der Waals surface area contributed by atoms with Crippen LogP contribution in [0.4, 0.5) is 29.3 Å². The Morgan fingerprint density at radius 2 is 1.63 bits per heavy atom. The van der Waals surface area contributed by atoms with E-state index in [1.54, 1.807) is 0 Å². The predicted octanol–water partition coefficient (Wildman–Crippen LogP) is 4.85. The molecule has 0 bridgehead atoms. The Hall–Kier alpha value is -4.03. The highest BCUT2D eigenvalue weighted by Crippen LogP contribution is 2.36. The van der Waals surface area contributed by atoms with E-state index in [0.717, 1.165) is 12.1 Å². The number of carbonyl (C=O) groups is 2. The molecule has 0 radical (unpaired) electrons. The lowest BCUT2D eigenvalue weighted by Gasteiger charge is -2.12. The smallest absolute Gasteiger partial charge is 0.417 e. The Balaban J connectivity index is 1.58. The minimum atomic E-state index is -4.66. The van der Waals surface area contributed by atoms with Crippen molar-refractivity contribution in [3.05, 3.63) is 81.7 Å². The van der Waals surface area contributed by atoms with Crippen molar-refractivity contribution in [3.63, 3.8) is 0 Å². The molecule has 13 heteroatoms. The SMILES string of the molecule is O=C(CCn1ccc(Oc2ccc(NC(=O)Nc3ccc(Cl)c(C(F)(F)F)c3)cc2)cc1=O)NO. The molecule has 0 aliphatic carbocycles. The molecule has 0 spiro atoms. The molecule has 0 atom stereocenters. The van der Waals surface area contributed by atoms with Gasteiger partial charge in [-0.15, -0.1) is 0 Å². The Bertz CT molecular complexity index is 1280. The van der Waals surface area contributed by atoms with Gasteiger partial charge in [0.25, 0.3) is 5.56 Å². The van der Waals surface area contributed by atoms with Crippen LogP contribution in [0, 0.1) is 0 Å². The van der Waals surface area contributed by atoms with Crippen molar-refractivity contribution in [2.45, 2.75) is 19.1 Å². The number of benzene rings is 2. The van der Waals surface area contributed by atoms with Gasteiger partial charge in [0, 0.05) is 36.6 Å². The molecule has 3 amide bonds. The summed E-state index contributed by atoms with van der Waals surface area (Å²) in [6.07, 6.45) is -3.31. The van der Waals surface area contributed by atoms with Gasteiger partial charge in [-0.2, -0.15) is 13.2 Å². The quantitative estimate of drug-likeness (QED) is 0.267. The topological polar surface area (TPSA) is 122 Å². The van der Waals surface area contributed by atoms with Gasteiger partial charge in [0.05, 0.1) is 10.6 Å². The van der Waals surface area contributed by atoms with Crippen LogP contribution in [0.2, 0.25) is 5.02 Å². The largest absolute Gasteiger partial charge is 0.457 e. The number of hydrogen-bond acceptors (Lipinski definition) is 5. The zero-order valence-corrected chi connectivity index (χ0v) is 18.5. The second kappa shape index (κ2) is 10.9. The van der Waals surface area contributed by atoms with Gasteiger partial charge in [0.2, 0.25) is 5.91 Å². The zero-order chi connectivity index (χ0) is 25.6. The number of pyridine rings is 1. The second-order valence-corrected chi connectivity index (χ2v) is 7.48. The highest BCUT2D eigenvalue weighted by Gasteiger charge is 2.33. The average Bonchev–Trinajstić information content (AvgIpc) is 2.80. The minimum absolute atomic E-state index is 0.0709. The number of halogens is 4. The summed E-state index contributed by atoms with van der Waals surface area (Å²) in [5, 5.41) is 12.8. The standard InChI is InChI=1S/C22H18ClF3N4O5/c23-18-6-3-14(11-17(18)22(24,25)26)28-21(33)27-13-1-4-15(5-2-13)35-16-7-9-30(20(32)12-16)10-8-19(31)29-34/h1-7,9,11-12,34H,8,10H2,(H,29,31)(H2,27,28,33). The molecule has 3 aromatic rings. The van der Waals surface area contributed by atoms with Crippen LogP contribution in [-0.2, 0) is 17.5 Å². The van der Waals surface area contributed by atoms with E-state index < -0.39 is 34.3 Å². The van der Waals surface area contributed by atoms with Gasteiger partial charge in [-0.3, -0.25) is 14.8 Å². The molecular weight excluding hydrogens is 493 g/mol. The summed E-state index contributed by atoms with van der Waals surface area (Å²) in [5.74, 6) is -0.0429. The molecule has 2 aromatic carbocycles. The molecule has 35 heavy (non-hydrogen) atoms. The van der Waals surface area contributed by atoms with Crippen molar-refractivity contribution in [1.82, 2.24) is 10.0 Å². The van der Waals surface area contributed by atoms with E-state index in [9.17, 15) is 27.6 Å². The molecular formula is C22H18ClF3N4O5. The third-order valence-electron chi connectivity index (χ3n) is 4.55. The molecule has 0 unspecified atom stereocenters. The number of rotatable bonds is 7. The molecule has 4 N–H and O–H groups in total. The van der Waals surface area contributed by atoms with Crippen LogP contribution in [0.3, 0.4) is 0 Å². The summed E-state index contributed by atoms with van der Waals surface area (Å²) in [4.78, 5) is 35.3. The van der Waals surface area contributed by atoms with Crippen molar-refractivity contribution in [1.29, 1.82) is 0 Å². The summed E-state index contributed by atoms with van der Waals surface area (Å²) < 4.78 is 45.7. The van der Waals surface area contributed by atoms with Crippen LogP contribution < -0.4 is 26.4 Å². The Kier molecular flexibility index (Phi) is 7.99. The van der Waals surface area contributed by atoms with Crippen LogP contribution in [0.5, 0.6) is 11.5 Å². The van der Waals surface area contributed by atoms with Crippen LogP contribution in [-0.4, -0.2) is 21.7 Å². The number of hydrogen-bond donors (Lipinski definition) is 4. The fourth-order valence-electron chi connectivity index (χ4n) is 2.87. The number of carbonyl (C=O) groups excluding carboxylic acids is 2. The molecule has 0 fully saturated rings. The van der Waals surface area contributed by atoms with Gasteiger partial charge >= 0.3 is 12.2 Å². The van der Waals surface area contributed by atoms with Crippen molar-refractivity contribution in [2.24, 2.45) is 0 Å². The third kappa shape index (κ3) is 7.22. The van der Waals surface area contributed by atoms with E-state index in [-0.39, 0.29) is 24.4 Å². The number of ether oxygens (including phenoxy) is 1. The van der Waals surface area contributed by atoms with E-state index >= 15 is 0 Å². The number of amides is 3. The first kappa shape index (κ1) is 25.6. The summed E-state index contributed by atoms with van der Waals surface area (Å²) in [5.41, 5.74) is 0.236. The third-order valence-corrected chi connectivity index (χ3v) is 4.88. The van der Waals surface area contributed by atoms with Gasteiger partial charge in [0.15, 0.2) is 0 Å². The van der Waals surface area contributed by atoms with Crippen molar-refractivity contribution in [3.8, 4) is 11.5 Å². The van der Waals surface area contributed by atoms with E-state index in [4.69, 9.17) is 21.5 Å². The van der Waals surface area contributed by atoms with Crippen molar-refractivity contribution >= 4 is 34.9 Å². The van der Waals surface area contributed by atoms with E-state index in [0.29, 0.717) is 11.4 Å². The highest BCUT2D eigenvalue weighted by atomic mass is 35.5. The average molecular weight is 511 g/mol. The first-order chi connectivity index (χ1) is 16.5. The number of aromatic nitrogens is 1. The fraction of sp³-hybridized carbons (Fsp3) is 0.136. The lowest BCUT2D eigenvalue weighted by molar-refractivity contribution is -0.137. The van der Waals surface area contributed by atoms with Crippen LogP contribution in [0.1, 0.15) is 12.0 Å². The number of nitrogens with one attached hydrogen (secondary N) is 3. The van der Waals surface area contributed by atoms with Gasteiger partial charge in [0.1, 0.15) is 11.5 Å². The number of hydroxylamine groups is 1. The first-order valence-corrected chi connectivity index (χ1v) is 10.3. The van der Waals surface area contributed by atoms with Crippen LogP contribution in [0.15, 0.2) is 65.6 Å². The number of nitrogens with zero attached hydrogens (tertiary/aromatic N) is 1. The first-order valence-electron chi connectivity index (χ1n) is 9.91. The van der Waals surface area contributed by atoms with E-state index in [2.05, 4.69) is 10.6 Å². The molecule has 0 aliphatic rings. The highest BCUT2D eigenvalue weighted by molar-refractivity contribution is 6.31. The number of aryl methyl sites for hydroxylation is 1. The van der Waals surface area contributed by atoms with Crippen molar-refractivity contribution < 1.29 is 32.7 Å². The van der Waals surface area contributed by atoms with E-state index in [1.807, 2.05) is 0 Å². The predicted molar refractivity (Wildman–Crippen MR) is 121 cm³/mol. The Labute approximate surface area is 201 Å². The second-order valence-electron chi connectivity index (χ2n) is 7.08. The lowest BCUT2D eigenvalue weighted by Crippen LogP contribution is -2.24. The summed E-state index contributed by atoms with van der Waals surface area (Å²) >= 11 is 5.57. The molecule has 0 saturated heterocycles. The van der Waals surface area contributed by atoms with Crippen molar-refractivity contribution in [2.75, 3.05) is 10.6 Å². The maximum Gasteiger partial charge on any atom is 0.417 e. The maximum atomic E-state index is 13.0.